The number of benzene rings is 2. The smallest absolute Gasteiger partial charge is 0.261 e. The van der Waals surface area contributed by atoms with Crippen LogP contribution < -0.4 is 10.2 Å². The van der Waals surface area contributed by atoms with Crippen LogP contribution in [0.4, 0.5) is 5.95 Å². The van der Waals surface area contributed by atoms with E-state index in [2.05, 4.69) is 15.3 Å². The first-order valence-electron chi connectivity index (χ1n) is 9.73. The molecule has 2 aromatic carbocycles. The van der Waals surface area contributed by atoms with Gasteiger partial charge in [-0.05, 0) is 19.1 Å². The molecule has 5 rings (SSSR count). The molecule has 0 aliphatic carbocycles. The summed E-state index contributed by atoms with van der Waals surface area (Å²) in [5, 5.41) is 4.06. The van der Waals surface area contributed by atoms with Crippen LogP contribution in [0.1, 0.15) is 18.2 Å². The molecule has 0 unspecified atom stereocenters. The van der Waals surface area contributed by atoms with Gasteiger partial charge in [-0.25, -0.2) is 9.97 Å². The lowest BCUT2D eigenvalue weighted by Crippen LogP contribution is -2.23. The number of aromatic nitrogens is 3. The number of hydrogen-bond donors (Lipinski definition) is 2. The molecular weight excluding hydrogens is 378 g/mol. The van der Waals surface area contributed by atoms with Crippen molar-refractivity contribution in [3.8, 4) is 0 Å². The van der Waals surface area contributed by atoms with Crippen molar-refractivity contribution in [1.82, 2.24) is 20.3 Å². The first-order chi connectivity index (χ1) is 14.6. The number of para-hydroxylation sites is 2. The maximum atomic E-state index is 12.9. The number of fused-ring (bicyclic) bond motifs is 2. The van der Waals surface area contributed by atoms with E-state index in [1.54, 1.807) is 6.20 Å². The van der Waals surface area contributed by atoms with E-state index >= 15 is 0 Å². The summed E-state index contributed by atoms with van der Waals surface area (Å²) in [5.41, 5.74) is 3.35. The predicted molar refractivity (Wildman–Crippen MR) is 117 cm³/mol. The van der Waals surface area contributed by atoms with Crippen molar-refractivity contribution < 1.29 is 9.59 Å². The molecule has 2 amide bonds. The summed E-state index contributed by atoms with van der Waals surface area (Å²) in [6.45, 7) is 2.71. The minimum atomic E-state index is -0.450. The van der Waals surface area contributed by atoms with Crippen LogP contribution in [0.15, 0.2) is 54.7 Å². The van der Waals surface area contributed by atoms with Gasteiger partial charge in [-0.1, -0.05) is 36.4 Å². The molecule has 0 saturated heterocycles. The Bertz CT molecular complexity index is 1370. The molecule has 0 radical (unpaired) electrons. The number of carbonyl (C=O) groups is 2. The van der Waals surface area contributed by atoms with Gasteiger partial charge in [-0.2, -0.15) is 0 Å². The fourth-order valence-corrected chi connectivity index (χ4v) is 3.78. The molecule has 0 bridgehead atoms. The number of anilines is 1. The second kappa shape index (κ2) is 6.81. The van der Waals surface area contributed by atoms with Crippen molar-refractivity contribution in [3.63, 3.8) is 0 Å². The van der Waals surface area contributed by atoms with Crippen LogP contribution in [0.25, 0.3) is 33.0 Å². The molecule has 1 aliphatic rings. The van der Waals surface area contributed by atoms with Gasteiger partial charge in [0, 0.05) is 41.6 Å². The average molecular weight is 397 g/mol. The summed E-state index contributed by atoms with van der Waals surface area (Å²) >= 11 is 0. The molecule has 0 spiro atoms. The van der Waals surface area contributed by atoms with Gasteiger partial charge in [-0.3, -0.25) is 14.9 Å². The maximum absolute atomic E-state index is 12.9. The Morgan fingerprint density at radius 1 is 0.900 bits per heavy atom. The lowest BCUT2D eigenvalue weighted by Gasteiger charge is -2.17. The summed E-state index contributed by atoms with van der Waals surface area (Å²) in [4.78, 5) is 40.2. The molecule has 3 heterocycles. The molecule has 0 atom stereocenters. The number of hydrogen-bond acceptors (Lipinski definition) is 5. The van der Waals surface area contributed by atoms with Crippen LogP contribution in [0.3, 0.4) is 0 Å². The first-order valence-corrected chi connectivity index (χ1v) is 9.73. The van der Waals surface area contributed by atoms with Gasteiger partial charge >= 0.3 is 0 Å². The minimum Gasteiger partial charge on any atom is -0.361 e. The Kier molecular flexibility index (Phi) is 4.10. The summed E-state index contributed by atoms with van der Waals surface area (Å²) in [6.07, 6.45) is 1.76. The molecule has 0 fully saturated rings. The number of carbonyl (C=O) groups excluding carboxylic acids is 2. The van der Waals surface area contributed by atoms with Crippen LogP contribution in [0.5, 0.6) is 0 Å². The van der Waals surface area contributed by atoms with Crippen LogP contribution in [-0.2, 0) is 9.59 Å². The fourth-order valence-electron chi connectivity index (χ4n) is 3.78. The van der Waals surface area contributed by atoms with Gasteiger partial charge in [0.05, 0.1) is 22.4 Å². The van der Waals surface area contributed by atoms with E-state index in [0.717, 1.165) is 21.8 Å². The molecule has 2 N–H and O–H groups in total. The van der Waals surface area contributed by atoms with E-state index in [1.807, 2.05) is 67.4 Å². The molecule has 7 heteroatoms. The number of nitrogens with zero attached hydrogens (tertiary/aromatic N) is 3. The average Bonchev–Trinajstić information content (AvgIpc) is 3.31. The molecular formula is C23H19N5O2. The normalized spacial score (nSPS) is 14.1. The number of rotatable bonds is 4. The highest BCUT2D eigenvalue weighted by atomic mass is 16.2. The van der Waals surface area contributed by atoms with Crippen molar-refractivity contribution in [2.75, 3.05) is 18.5 Å². The third-order valence-electron chi connectivity index (χ3n) is 5.43. The van der Waals surface area contributed by atoms with E-state index in [0.29, 0.717) is 29.3 Å². The zero-order chi connectivity index (χ0) is 20.8. The lowest BCUT2D eigenvalue weighted by molar-refractivity contribution is -0.122. The van der Waals surface area contributed by atoms with Crippen molar-refractivity contribution in [1.29, 1.82) is 0 Å². The Morgan fingerprint density at radius 3 is 2.40 bits per heavy atom. The van der Waals surface area contributed by atoms with Crippen LogP contribution in [-0.4, -0.2) is 40.4 Å². The fraction of sp³-hybridized carbons (Fsp3) is 0.130. The standard InChI is InChI=1S/C23H19N5O2/c1-3-28(2)23-25-17-11-7-5-9-14(17)20(26-23)19-18(21(29)27-22(19)30)15-12-24-16-10-6-4-8-13(15)16/h4-12,24H,3H2,1-2H3,(H,27,29,30). The zero-order valence-corrected chi connectivity index (χ0v) is 16.6. The van der Waals surface area contributed by atoms with Gasteiger partial charge in [-0.15, -0.1) is 0 Å². The van der Waals surface area contributed by atoms with Crippen molar-refractivity contribution >= 4 is 50.7 Å². The number of imide groups is 1. The largest absolute Gasteiger partial charge is 0.361 e. The molecule has 4 aromatic rings. The van der Waals surface area contributed by atoms with Gasteiger partial charge in [0.2, 0.25) is 5.95 Å². The van der Waals surface area contributed by atoms with E-state index in [-0.39, 0.29) is 5.57 Å². The summed E-state index contributed by atoms with van der Waals surface area (Å²) in [6, 6.07) is 15.2. The van der Waals surface area contributed by atoms with E-state index in [4.69, 9.17) is 4.98 Å². The highest BCUT2D eigenvalue weighted by molar-refractivity contribution is 6.50. The highest BCUT2D eigenvalue weighted by Crippen LogP contribution is 2.36. The summed E-state index contributed by atoms with van der Waals surface area (Å²) in [5.74, 6) is -0.369. The topological polar surface area (TPSA) is 91.0 Å². The van der Waals surface area contributed by atoms with Crippen molar-refractivity contribution in [3.05, 3.63) is 66.0 Å². The molecule has 30 heavy (non-hydrogen) atoms. The van der Waals surface area contributed by atoms with E-state index in [1.165, 1.54) is 0 Å². The Labute approximate surface area is 172 Å². The Hall–Kier alpha value is -4.00. The summed E-state index contributed by atoms with van der Waals surface area (Å²) in [7, 11) is 1.89. The van der Waals surface area contributed by atoms with Gasteiger partial charge in [0.25, 0.3) is 11.8 Å². The number of H-pyrrole nitrogens is 1. The van der Waals surface area contributed by atoms with Gasteiger partial charge in [0.15, 0.2) is 0 Å². The van der Waals surface area contributed by atoms with Crippen molar-refractivity contribution in [2.45, 2.75) is 6.92 Å². The monoisotopic (exact) mass is 397 g/mol. The molecule has 0 saturated carbocycles. The zero-order valence-electron chi connectivity index (χ0n) is 16.6. The lowest BCUT2D eigenvalue weighted by atomic mass is 9.97. The molecule has 7 nitrogen and oxygen atoms in total. The maximum Gasteiger partial charge on any atom is 0.261 e. The second-order valence-electron chi connectivity index (χ2n) is 7.18. The number of amides is 2. The highest BCUT2D eigenvalue weighted by Gasteiger charge is 2.35. The van der Waals surface area contributed by atoms with Gasteiger partial charge in [0.1, 0.15) is 0 Å². The Balaban J connectivity index is 1.86. The second-order valence-corrected chi connectivity index (χ2v) is 7.18. The van der Waals surface area contributed by atoms with E-state index < -0.39 is 11.8 Å². The predicted octanol–water partition coefficient (Wildman–Crippen LogP) is 3.13. The number of aromatic amines is 1. The molecule has 148 valence electrons. The number of nitrogens with one attached hydrogen (secondary N) is 2. The molecule has 2 aromatic heterocycles. The minimum absolute atomic E-state index is 0.272. The SMILES string of the molecule is CCN(C)c1nc(C2=C(c3c[nH]c4ccccc34)C(=O)NC2=O)c2ccccc2n1. The van der Waals surface area contributed by atoms with Crippen molar-refractivity contribution in [2.24, 2.45) is 0 Å². The quantitative estimate of drug-likeness (QED) is 0.516. The first kappa shape index (κ1) is 18.1. The van der Waals surface area contributed by atoms with Crippen LogP contribution in [0, 0.1) is 0 Å². The third-order valence-corrected chi connectivity index (χ3v) is 5.43. The summed E-state index contributed by atoms with van der Waals surface area (Å²) < 4.78 is 0. The molecule has 1 aliphatic heterocycles. The van der Waals surface area contributed by atoms with Crippen LogP contribution in [0.2, 0.25) is 0 Å². The van der Waals surface area contributed by atoms with Gasteiger partial charge < -0.3 is 9.88 Å². The Morgan fingerprint density at radius 2 is 1.60 bits per heavy atom. The van der Waals surface area contributed by atoms with Crippen LogP contribution >= 0.6 is 0 Å². The van der Waals surface area contributed by atoms with E-state index in [9.17, 15) is 9.59 Å². The third kappa shape index (κ3) is 2.67.